The highest BCUT2D eigenvalue weighted by Gasteiger charge is 2.31. The fourth-order valence-electron chi connectivity index (χ4n) is 2.26. The molecule has 0 spiro atoms. The molecule has 0 radical (unpaired) electrons. The summed E-state index contributed by atoms with van der Waals surface area (Å²) < 4.78 is 26.4. The van der Waals surface area contributed by atoms with Gasteiger partial charge in [0.2, 0.25) is 10.0 Å². The molecule has 1 saturated heterocycles. The normalized spacial score (nSPS) is 21.3. The van der Waals surface area contributed by atoms with Gasteiger partial charge in [0.25, 0.3) is 0 Å². The van der Waals surface area contributed by atoms with Gasteiger partial charge in [-0.2, -0.15) is 4.31 Å². The summed E-state index contributed by atoms with van der Waals surface area (Å²) in [5.41, 5.74) is 0.911. The fraction of sp³-hybridized carbons (Fsp3) is 0.462. The van der Waals surface area contributed by atoms with E-state index in [1.54, 1.807) is 12.1 Å². The summed E-state index contributed by atoms with van der Waals surface area (Å²) in [7, 11) is -3.61. The molecule has 1 heterocycles. The summed E-state index contributed by atoms with van der Waals surface area (Å²) in [6.45, 7) is 2.54. The number of hydrogen-bond donors (Lipinski definition) is 0. The summed E-state index contributed by atoms with van der Waals surface area (Å²) in [6.07, 6.45) is 2.28. The molecule has 1 atom stereocenters. The minimum absolute atomic E-state index is 0.117. The van der Waals surface area contributed by atoms with Gasteiger partial charge in [0.05, 0.1) is 5.02 Å². The van der Waals surface area contributed by atoms with E-state index in [4.69, 9.17) is 11.6 Å². The standard InChI is InChI=1S/C13H16ClNO3S/c1-10-4-5-13(12(14)7-10)19(17,18)15-6-2-3-11(8-15)9-16/h4-5,7,9,11H,2-3,6,8H2,1H3. The first-order chi connectivity index (χ1) is 8.95. The van der Waals surface area contributed by atoms with Crippen molar-refractivity contribution in [1.29, 1.82) is 0 Å². The summed E-state index contributed by atoms with van der Waals surface area (Å²) in [5.74, 6) is -0.215. The summed E-state index contributed by atoms with van der Waals surface area (Å²) in [5, 5.41) is 0.230. The molecule has 0 amide bonds. The van der Waals surface area contributed by atoms with Gasteiger partial charge in [-0.25, -0.2) is 8.42 Å². The van der Waals surface area contributed by atoms with E-state index in [1.165, 1.54) is 10.4 Å². The maximum absolute atomic E-state index is 12.5. The zero-order chi connectivity index (χ0) is 14.0. The van der Waals surface area contributed by atoms with Gasteiger partial charge < -0.3 is 4.79 Å². The van der Waals surface area contributed by atoms with E-state index in [0.29, 0.717) is 13.0 Å². The van der Waals surface area contributed by atoms with Gasteiger partial charge in [-0.1, -0.05) is 17.7 Å². The Bertz CT molecular complexity index is 586. The first-order valence-corrected chi connectivity index (χ1v) is 7.98. The monoisotopic (exact) mass is 301 g/mol. The maximum atomic E-state index is 12.5. The predicted molar refractivity (Wildman–Crippen MR) is 73.7 cm³/mol. The van der Waals surface area contributed by atoms with Crippen molar-refractivity contribution >= 4 is 27.9 Å². The van der Waals surface area contributed by atoms with E-state index >= 15 is 0 Å². The molecular weight excluding hydrogens is 286 g/mol. The molecule has 1 unspecified atom stereocenters. The third-order valence-corrected chi connectivity index (χ3v) is 5.67. The van der Waals surface area contributed by atoms with Crippen LogP contribution in [0, 0.1) is 12.8 Å². The molecule has 6 heteroatoms. The number of hydrogen-bond acceptors (Lipinski definition) is 3. The Morgan fingerprint density at radius 2 is 2.16 bits per heavy atom. The Labute approximate surface area is 118 Å². The molecule has 1 fully saturated rings. The zero-order valence-corrected chi connectivity index (χ0v) is 12.2. The molecule has 0 aliphatic carbocycles. The Kier molecular flexibility index (Phi) is 4.28. The van der Waals surface area contributed by atoms with Crippen LogP contribution in [0.2, 0.25) is 5.02 Å². The van der Waals surface area contributed by atoms with Gasteiger partial charge >= 0.3 is 0 Å². The van der Waals surface area contributed by atoms with Gasteiger partial charge in [0.1, 0.15) is 11.2 Å². The average Bonchev–Trinajstić information content (AvgIpc) is 2.38. The molecule has 0 saturated carbocycles. The molecule has 1 aromatic carbocycles. The van der Waals surface area contributed by atoms with Crippen molar-refractivity contribution in [1.82, 2.24) is 4.31 Å². The minimum Gasteiger partial charge on any atom is -0.303 e. The number of benzene rings is 1. The molecule has 0 bridgehead atoms. The molecule has 0 N–H and O–H groups in total. The molecule has 4 nitrogen and oxygen atoms in total. The second kappa shape index (κ2) is 5.61. The van der Waals surface area contributed by atoms with Crippen LogP contribution in [0.25, 0.3) is 0 Å². The van der Waals surface area contributed by atoms with Crippen molar-refractivity contribution in [2.45, 2.75) is 24.7 Å². The molecule has 19 heavy (non-hydrogen) atoms. The predicted octanol–water partition coefficient (Wildman–Crippen LogP) is 2.25. The highest BCUT2D eigenvalue weighted by Crippen LogP contribution is 2.28. The molecule has 1 aromatic rings. The fourth-order valence-corrected chi connectivity index (χ4v) is 4.37. The van der Waals surface area contributed by atoms with Crippen molar-refractivity contribution < 1.29 is 13.2 Å². The third kappa shape index (κ3) is 2.99. The molecule has 0 aromatic heterocycles. The van der Waals surface area contributed by atoms with Gasteiger partial charge in [-0.15, -0.1) is 0 Å². The van der Waals surface area contributed by atoms with Crippen LogP contribution in [-0.2, 0) is 14.8 Å². The lowest BCUT2D eigenvalue weighted by molar-refractivity contribution is -0.112. The Morgan fingerprint density at radius 3 is 2.79 bits per heavy atom. The first-order valence-electron chi connectivity index (χ1n) is 6.17. The highest BCUT2D eigenvalue weighted by molar-refractivity contribution is 7.89. The van der Waals surface area contributed by atoms with Crippen LogP contribution in [0.4, 0.5) is 0 Å². The number of carbonyl (C=O) groups excluding carboxylic acids is 1. The van der Waals surface area contributed by atoms with Gasteiger partial charge in [-0.3, -0.25) is 0 Å². The Morgan fingerprint density at radius 1 is 1.42 bits per heavy atom. The summed E-state index contributed by atoms with van der Waals surface area (Å²) >= 11 is 6.03. The molecular formula is C13H16ClNO3S. The topological polar surface area (TPSA) is 54.5 Å². The van der Waals surface area contributed by atoms with Crippen LogP contribution in [0.5, 0.6) is 0 Å². The highest BCUT2D eigenvalue weighted by atomic mass is 35.5. The van der Waals surface area contributed by atoms with Crippen LogP contribution in [-0.4, -0.2) is 32.1 Å². The average molecular weight is 302 g/mol. The summed E-state index contributed by atoms with van der Waals surface area (Å²) in [6, 6.07) is 4.88. The lowest BCUT2D eigenvalue weighted by Crippen LogP contribution is -2.40. The first kappa shape index (κ1) is 14.5. The van der Waals surface area contributed by atoms with Crippen LogP contribution in [0.3, 0.4) is 0 Å². The quantitative estimate of drug-likeness (QED) is 0.805. The van der Waals surface area contributed by atoms with E-state index in [1.807, 2.05) is 6.92 Å². The molecule has 1 aliphatic heterocycles. The van der Waals surface area contributed by atoms with Crippen molar-refractivity contribution in [3.63, 3.8) is 0 Å². The number of sulfonamides is 1. The van der Waals surface area contributed by atoms with E-state index in [9.17, 15) is 13.2 Å². The van der Waals surface area contributed by atoms with Crippen molar-refractivity contribution in [3.05, 3.63) is 28.8 Å². The lowest BCUT2D eigenvalue weighted by atomic mass is 10.0. The lowest BCUT2D eigenvalue weighted by Gasteiger charge is -2.29. The second-order valence-electron chi connectivity index (χ2n) is 4.84. The van der Waals surface area contributed by atoms with E-state index in [-0.39, 0.29) is 22.4 Å². The van der Waals surface area contributed by atoms with Gasteiger partial charge in [0.15, 0.2) is 0 Å². The van der Waals surface area contributed by atoms with Crippen LogP contribution in [0.1, 0.15) is 18.4 Å². The Balaban J connectivity index is 2.33. The number of aldehydes is 1. The number of piperidine rings is 1. The number of carbonyl (C=O) groups is 1. The molecule has 2 rings (SSSR count). The minimum atomic E-state index is -3.61. The van der Waals surface area contributed by atoms with Crippen LogP contribution in [0.15, 0.2) is 23.1 Å². The Hall–Kier alpha value is -0.910. The smallest absolute Gasteiger partial charge is 0.244 e. The maximum Gasteiger partial charge on any atom is 0.244 e. The second-order valence-corrected chi connectivity index (χ2v) is 7.15. The van der Waals surface area contributed by atoms with Crippen molar-refractivity contribution in [2.75, 3.05) is 13.1 Å². The van der Waals surface area contributed by atoms with Gasteiger partial charge in [0, 0.05) is 19.0 Å². The summed E-state index contributed by atoms with van der Waals surface area (Å²) in [4.78, 5) is 10.9. The largest absolute Gasteiger partial charge is 0.303 e. The number of rotatable bonds is 3. The van der Waals surface area contributed by atoms with Crippen LogP contribution >= 0.6 is 11.6 Å². The van der Waals surface area contributed by atoms with Crippen LogP contribution < -0.4 is 0 Å². The third-order valence-electron chi connectivity index (χ3n) is 3.32. The zero-order valence-electron chi connectivity index (χ0n) is 10.7. The number of aryl methyl sites for hydroxylation is 1. The van der Waals surface area contributed by atoms with E-state index in [2.05, 4.69) is 0 Å². The number of halogens is 1. The van der Waals surface area contributed by atoms with E-state index < -0.39 is 10.0 Å². The SMILES string of the molecule is Cc1ccc(S(=O)(=O)N2CCCC(C=O)C2)c(Cl)c1. The van der Waals surface area contributed by atoms with Crippen molar-refractivity contribution in [2.24, 2.45) is 5.92 Å². The molecule has 1 aliphatic rings. The van der Waals surface area contributed by atoms with Gasteiger partial charge in [-0.05, 0) is 37.5 Å². The van der Waals surface area contributed by atoms with E-state index in [0.717, 1.165) is 18.3 Å². The van der Waals surface area contributed by atoms with Crippen molar-refractivity contribution in [3.8, 4) is 0 Å². The number of nitrogens with zero attached hydrogens (tertiary/aromatic N) is 1. The molecule has 104 valence electrons.